The minimum Gasteiger partial charge on any atom is -0.450 e. The van der Waals surface area contributed by atoms with E-state index in [4.69, 9.17) is 9.72 Å². The van der Waals surface area contributed by atoms with Crippen molar-refractivity contribution in [2.45, 2.75) is 38.3 Å². The summed E-state index contributed by atoms with van der Waals surface area (Å²) in [5, 5.41) is 0. The van der Waals surface area contributed by atoms with Gasteiger partial charge in [0.05, 0.1) is 24.6 Å². The van der Waals surface area contributed by atoms with Gasteiger partial charge in [0.15, 0.2) is 0 Å². The fraction of sp³-hybridized carbons (Fsp3) is 0.429. The highest BCUT2D eigenvalue weighted by Gasteiger charge is 2.36. The fourth-order valence-electron chi connectivity index (χ4n) is 3.73. The summed E-state index contributed by atoms with van der Waals surface area (Å²) in [6, 6.07) is 14.9. The van der Waals surface area contributed by atoms with Crippen LogP contribution in [0.5, 0.6) is 0 Å². The molecule has 0 radical (unpaired) electrons. The Morgan fingerprint density at radius 2 is 1.97 bits per heavy atom. The van der Waals surface area contributed by atoms with E-state index in [2.05, 4.69) is 4.72 Å². The quantitative estimate of drug-likeness (QED) is 0.781. The summed E-state index contributed by atoms with van der Waals surface area (Å²) in [5.41, 5.74) is 2.65. The molecule has 1 aromatic heterocycles. The Morgan fingerprint density at radius 3 is 2.66 bits per heavy atom. The molecule has 0 aliphatic carbocycles. The van der Waals surface area contributed by atoms with E-state index in [1.165, 1.54) is 0 Å². The van der Waals surface area contributed by atoms with Gasteiger partial charge in [0, 0.05) is 30.3 Å². The first-order valence-electron chi connectivity index (χ1n) is 9.79. The molecule has 0 spiro atoms. The number of nitrogens with zero attached hydrogens (tertiary/aromatic N) is 2. The van der Waals surface area contributed by atoms with Gasteiger partial charge in [0.1, 0.15) is 0 Å². The summed E-state index contributed by atoms with van der Waals surface area (Å²) < 4.78 is 31.7. The van der Waals surface area contributed by atoms with Gasteiger partial charge in [0.25, 0.3) is 0 Å². The number of aromatic nitrogens is 1. The summed E-state index contributed by atoms with van der Waals surface area (Å²) in [6.07, 6.45) is 2.53. The molecular formula is C21H27N3O4S. The third-order valence-corrected chi connectivity index (χ3v) is 5.67. The van der Waals surface area contributed by atoms with Gasteiger partial charge in [-0.2, -0.15) is 0 Å². The molecular weight excluding hydrogens is 390 g/mol. The number of piperidine rings is 1. The first kappa shape index (κ1) is 21.3. The highest BCUT2D eigenvalue weighted by molar-refractivity contribution is 7.88. The predicted molar refractivity (Wildman–Crippen MR) is 112 cm³/mol. The van der Waals surface area contributed by atoms with Crippen molar-refractivity contribution in [2.24, 2.45) is 0 Å². The van der Waals surface area contributed by atoms with Crippen LogP contribution in [0.3, 0.4) is 0 Å². The molecule has 7 nitrogen and oxygen atoms in total. The fourth-order valence-corrected chi connectivity index (χ4v) is 4.56. The van der Waals surface area contributed by atoms with Crippen molar-refractivity contribution in [1.82, 2.24) is 14.6 Å². The number of ether oxygens (including phenoxy) is 1. The van der Waals surface area contributed by atoms with Crippen molar-refractivity contribution < 1.29 is 17.9 Å². The number of hydrogen-bond acceptors (Lipinski definition) is 5. The largest absolute Gasteiger partial charge is 0.450 e. The number of pyridine rings is 1. The number of likely N-dealkylation sites (tertiary alicyclic amines) is 1. The van der Waals surface area contributed by atoms with Crippen molar-refractivity contribution in [1.29, 1.82) is 0 Å². The van der Waals surface area contributed by atoms with Crippen LogP contribution >= 0.6 is 0 Å². The van der Waals surface area contributed by atoms with Gasteiger partial charge < -0.3 is 9.64 Å². The second-order valence-electron chi connectivity index (χ2n) is 7.18. The van der Waals surface area contributed by atoms with Crippen LogP contribution in [0.25, 0.3) is 11.3 Å². The van der Waals surface area contributed by atoms with Gasteiger partial charge >= 0.3 is 6.09 Å². The number of nitrogens with one attached hydrogen (secondary N) is 1. The number of hydrogen-bond donors (Lipinski definition) is 1. The topological polar surface area (TPSA) is 88.6 Å². The second kappa shape index (κ2) is 9.37. The number of amides is 1. The minimum absolute atomic E-state index is 0.272. The van der Waals surface area contributed by atoms with E-state index in [1.54, 1.807) is 11.8 Å². The Kier molecular flexibility index (Phi) is 6.87. The smallest absolute Gasteiger partial charge is 0.410 e. The van der Waals surface area contributed by atoms with E-state index in [0.29, 0.717) is 25.8 Å². The second-order valence-corrected chi connectivity index (χ2v) is 8.96. The molecule has 2 atom stereocenters. The van der Waals surface area contributed by atoms with Gasteiger partial charge in [0.2, 0.25) is 10.0 Å². The van der Waals surface area contributed by atoms with Crippen molar-refractivity contribution in [3.63, 3.8) is 0 Å². The molecule has 1 fully saturated rings. The van der Waals surface area contributed by atoms with Crippen LogP contribution in [0.1, 0.15) is 25.5 Å². The molecule has 29 heavy (non-hydrogen) atoms. The molecule has 3 rings (SSSR count). The highest BCUT2D eigenvalue weighted by Crippen LogP contribution is 2.24. The highest BCUT2D eigenvalue weighted by atomic mass is 32.2. The van der Waals surface area contributed by atoms with Crippen LogP contribution in [-0.4, -0.2) is 55.9 Å². The van der Waals surface area contributed by atoms with Crippen LogP contribution in [0, 0.1) is 0 Å². The Hall–Kier alpha value is -2.45. The van der Waals surface area contributed by atoms with Crippen molar-refractivity contribution in [3.8, 4) is 11.3 Å². The monoisotopic (exact) mass is 417 g/mol. The average molecular weight is 418 g/mol. The maximum absolute atomic E-state index is 12.5. The van der Waals surface area contributed by atoms with Gasteiger partial charge in [-0.1, -0.05) is 36.4 Å². The molecule has 1 N–H and O–H groups in total. The molecule has 1 aromatic carbocycles. The van der Waals surface area contributed by atoms with Gasteiger partial charge in [-0.25, -0.2) is 17.9 Å². The predicted octanol–water partition coefficient (Wildman–Crippen LogP) is 2.83. The van der Waals surface area contributed by atoms with Gasteiger partial charge in [-0.3, -0.25) is 4.98 Å². The third kappa shape index (κ3) is 5.77. The van der Waals surface area contributed by atoms with Gasteiger partial charge in [-0.05, 0) is 31.9 Å². The van der Waals surface area contributed by atoms with E-state index in [9.17, 15) is 13.2 Å². The Morgan fingerprint density at radius 1 is 1.21 bits per heavy atom. The Balaban J connectivity index is 1.89. The van der Waals surface area contributed by atoms with E-state index in [1.807, 2.05) is 48.5 Å². The lowest BCUT2D eigenvalue weighted by atomic mass is 9.93. The third-order valence-electron chi connectivity index (χ3n) is 4.94. The molecule has 2 heterocycles. The normalized spacial score (nSPS) is 19.7. The lowest BCUT2D eigenvalue weighted by Crippen LogP contribution is -2.57. The first-order valence-corrected chi connectivity index (χ1v) is 11.7. The Labute approximate surface area is 172 Å². The maximum Gasteiger partial charge on any atom is 0.410 e. The zero-order valence-electron chi connectivity index (χ0n) is 16.7. The van der Waals surface area contributed by atoms with Crippen LogP contribution in [0.4, 0.5) is 4.79 Å². The molecule has 156 valence electrons. The maximum atomic E-state index is 12.5. The lowest BCUT2D eigenvalue weighted by Gasteiger charge is -2.40. The summed E-state index contributed by atoms with van der Waals surface area (Å²) >= 11 is 0. The van der Waals surface area contributed by atoms with Crippen LogP contribution in [0.2, 0.25) is 0 Å². The van der Waals surface area contributed by atoms with Crippen LogP contribution in [0.15, 0.2) is 48.5 Å². The van der Waals surface area contributed by atoms with Crippen LogP contribution in [-0.2, 0) is 21.2 Å². The lowest BCUT2D eigenvalue weighted by molar-refractivity contribution is 0.0676. The molecule has 0 unspecified atom stereocenters. The van der Waals surface area contributed by atoms with Crippen molar-refractivity contribution in [2.75, 3.05) is 19.4 Å². The minimum atomic E-state index is -3.41. The molecule has 1 saturated heterocycles. The van der Waals surface area contributed by atoms with Crippen molar-refractivity contribution >= 4 is 16.1 Å². The molecule has 1 amide bonds. The first-order chi connectivity index (χ1) is 13.9. The van der Waals surface area contributed by atoms with Crippen molar-refractivity contribution in [3.05, 3.63) is 54.2 Å². The number of carbonyl (C=O) groups is 1. The van der Waals surface area contributed by atoms with Gasteiger partial charge in [-0.15, -0.1) is 0 Å². The van der Waals surface area contributed by atoms with E-state index < -0.39 is 16.1 Å². The zero-order chi connectivity index (χ0) is 20.9. The van der Waals surface area contributed by atoms with E-state index in [0.717, 1.165) is 23.2 Å². The zero-order valence-corrected chi connectivity index (χ0v) is 17.6. The van der Waals surface area contributed by atoms with Crippen LogP contribution < -0.4 is 4.72 Å². The molecule has 1 aliphatic rings. The number of sulfonamides is 1. The summed E-state index contributed by atoms with van der Waals surface area (Å²) in [5.74, 6) is 0. The number of rotatable bonds is 6. The standard InChI is InChI=1S/C21H27N3O4S/c1-3-28-21(25)24-14-8-13-19(23-29(2,26)27)20(24)15-17-11-7-12-18(22-17)16-9-5-4-6-10-16/h4-7,9-12,19-20,23H,3,8,13-15H2,1-2H3/t19-,20-/m0/s1. The number of benzene rings is 1. The molecule has 1 aliphatic heterocycles. The SMILES string of the molecule is CCOC(=O)N1CCC[C@H](NS(C)(=O)=O)[C@@H]1Cc1cccc(-c2ccccc2)n1. The average Bonchev–Trinajstić information content (AvgIpc) is 2.69. The molecule has 8 heteroatoms. The number of carbonyl (C=O) groups excluding carboxylic acids is 1. The Bertz CT molecular complexity index is 934. The van der Waals surface area contributed by atoms with E-state index in [-0.39, 0.29) is 18.7 Å². The summed E-state index contributed by atoms with van der Waals surface area (Å²) in [4.78, 5) is 18.9. The summed E-state index contributed by atoms with van der Waals surface area (Å²) in [6.45, 7) is 2.56. The summed E-state index contributed by atoms with van der Waals surface area (Å²) in [7, 11) is -3.41. The molecule has 2 aromatic rings. The van der Waals surface area contributed by atoms with E-state index >= 15 is 0 Å². The molecule has 0 saturated carbocycles. The molecule has 0 bridgehead atoms.